The molecule has 1 unspecified atom stereocenters. The Morgan fingerprint density at radius 2 is 2.03 bits per heavy atom. The largest absolute Gasteiger partial charge is 0.480 e. The van der Waals surface area contributed by atoms with Crippen LogP contribution in [0.4, 0.5) is 33.7 Å². The number of hydrogen-bond donors (Lipinski definition) is 3. The van der Waals surface area contributed by atoms with Crippen molar-refractivity contribution in [3.05, 3.63) is 41.3 Å². The van der Waals surface area contributed by atoms with Crippen molar-refractivity contribution in [1.82, 2.24) is 9.88 Å². The van der Waals surface area contributed by atoms with E-state index in [1.165, 1.54) is 18.2 Å². The van der Waals surface area contributed by atoms with Gasteiger partial charge in [-0.2, -0.15) is 13.2 Å². The second-order valence-electron chi connectivity index (χ2n) is 8.20. The van der Waals surface area contributed by atoms with Gasteiger partial charge >= 0.3 is 12.2 Å². The fourth-order valence-corrected chi connectivity index (χ4v) is 3.68. The van der Waals surface area contributed by atoms with Gasteiger partial charge in [0.05, 0.1) is 31.0 Å². The Kier molecular flexibility index (Phi) is 8.23. The number of methoxy groups -OCH3 is 1. The number of aliphatic hydroxyl groups excluding tert-OH is 1. The minimum absolute atomic E-state index is 0.0443. The van der Waals surface area contributed by atoms with Crippen molar-refractivity contribution < 1.29 is 41.7 Å². The van der Waals surface area contributed by atoms with Crippen molar-refractivity contribution in [3.63, 3.8) is 0 Å². The number of benzene rings is 1. The molecule has 1 aromatic carbocycles. The third-order valence-electron chi connectivity index (χ3n) is 5.73. The van der Waals surface area contributed by atoms with Crippen LogP contribution in [0, 0.1) is 12.7 Å². The minimum atomic E-state index is -4.78. The summed E-state index contributed by atoms with van der Waals surface area (Å²) >= 11 is 0. The average Bonchev–Trinajstić information content (AvgIpc) is 3.30. The molecule has 0 aliphatic carbocycles. The second kappa shape index (κ2) is 11.0. The number of halogens is 4. The van der Waals surface area contributed by atoms with Gasteiger partial charge in [0.2, 0.25) is 5.88 Å². The van der Waals surface area contributed by atoms with E-state index in [1.54, 1.807) is 13.0 Å². The van der Waals surface area contributed by atoms with Crippen LogP contribution in [0.2, 0.25) is 0 Å². The predicted molar refractivity (Wildman–Crippen MR) is 122 cm³/mol. The summed E-state index contributed by atoms with van der Waals surface area (Å²) in [6.07, 6.45) is -4.50. The lowest BCUT2D eigenvalue weighted by atomic mass is 10.1. The van der Waals surface area contributed by atoms with Gasteiger partial charge in [0.15, 0.2) is 6.10 Å². The molecule has 1 saturated heterocycles. The molecule has 1 aliphatic rings. The standard InChI is InChI=1S/C23H26F4N4O5/c1-12-6-7-28-21(35-3)19(12)30-20(33)15-9-16(24)17(10-18(15)36-13(2)23(25,26)27)29-22(34)31-8-4-5-14(31)11-32/h6-7,9-10,13-14,32H,4-5,8,11H2,1-3H3,(H,29,34)(H,30,33)/t13?,14-/m1/s1. The van der Waals surface area contributed by atoms with Crippen LogP contribution >= 0.6 is 0 Å². The number of aliphatic hydroxyl groups is 1. The van der Waals surface area contributed by atoms with E-state index < -0.39 is 53.1 Å². The van der Waals surface area contributed by atoms with Gasteiger partial charge in [0.25, 0.3) is 5.91 Å². The molecular weight excluding hydrogens is 488 g/mol. The molecule has 2 heterocycles. The van der Waals surface area contributed by atoms with E-state index in [4.69, 9.17) is 9.47 Å². The number of pyridine rings is 1. The van der Waals surface area contributed by atoms with Crippen LogP contribution in [0.3, 0.4) is 0 Å². The maximum atomic E-state index is 15.0. The second-order valence-corrected chi connectivity index (χ2v) is 8.20. The van der Waals surface area contributed by atoms with E-state index in [0.29, 0.717) is 31.0 Å². The Hall–Kier alpha value is -3.61. The molecular formula is C23H26F4N4O5. The van der Waals surface area contributed by atoms with Crippen molar-refractivity contribution in [3.8, 4) is 11.6 Å². The van der Waals surface area contributed by atoms with Crippen molar-refractivity contribution in [2.75, 3.05) is 30.9 Å². The van der Waals surface area contributed by atoms with E-state index >= 15 is 0 Å². The topological polar surface area (TPSA) is 113 Å². The number of urea groups is 1. The van der Waals surface area contributed by atoms with Gasteiger partial charge in [-0.05, 0) is 44.4 Å². The van der Waals surface area contributed by atoms with Crippen LogP contribution in [0.1, 0.15) is 35.7 Å². The van der Waals surface area contributed by atoms with E-state index in [0.717, 1.165) is 13.0 Å². The third-order valence-corrected chi connectivity index (χ3v) is 5.73. The zero-order valence-corrected chi connectivity index (χ0v) is 19.8. The quantitative estimate of drug-likeness (QED) is 0.480. The van der Waals surface area contributed by atoms with Gasteiger partial charge in [-0.15, -0.1) is 0 Å². The summed E-state index contributed by atoms with van der Waals surface area (Å²) in [5.41, 5.74) is -0.350. The summed E-state index contributed by atoms with van der Waals surface area (Å²) in [4.78, 5) is 30.9. The fourth-order valence-electron chi connectivity index (χ4n) is 3.68. The van der Waals surface area contributed by atoms with Crippen molar-refractivity contribution >= 4 is 23.3 Å². The number of amides is 3. The van der Waals surface area contributed by atoms with Gasteiger partial charge in [0.1, 0.15) is 17.3 Å². The summed E-state index contributed by atoms with van der Waals surface area (Å²) in [7, 11) is 1.32. The van der Waals surface area contributed by atoms with Crippen LogP contribution in [-0.2, 0) is 0 Å². The Morgan fingerprint density at radius 1 is 1.31 bits per heavy atom. The number of hydrogen-bond acceptors (Lipinski definition) is 6. The molecule has 0 saturated carbocycles. The molecule has 2 aromatic rings. The van der Waals surface area contributed by atoms with Crippen LogP contribution < -0.4 is 20.1 Å². The number of nitrogens with one attached hydrogen (secondary N) is 2. The summed E-state index contributed by atoms with van der Waals surface area (Å²) < 4.78 is 64.7. The highest BCUT2D eigenvalue weighted by atomic mass is 19.4. The Balaban J connectivity index is 1.97. The molecule has 1 aromatic heterocycles. The molecule has 1 aliphatic heterocycles. The van der Waals surface area contributed by atoms with Crippen LogP contribution in [0.25, 0.3) is 0 Å². The number of aromatic nitrogens is 1. The number of carbonyl (C=O) groups excluding carboxylic acids is 2. The Labute approximate surface area is 204 Å². The lowest BCUT2D eigenvalue weighted by Gasteiger charge is -2.24. The maximum absolute atomic E-state index is 15.0. The van der Waals surface area contributed by atoms with Crippen molar-refractivity contribution in [2.24, 2.45) is 0 Å². The SMILES string of the molecule is COc1nccc(C)c1NC(=O)c1cc(F)c(NC(=O)N2CCC[C@@H]2CO)cc1OC(C)C(F)(F)F. The molecule has 9 nitrogen and oxygen atoms in total. The van der Waals surface area contributed by atoms with Crippen LogP contribution in [0.15, 0.2) is 24.4 Å². The van der Waals surface area contributed by atoms with Crippen molar-refractivity contribution in [2.45, 2.75) is 45.0 Å². The summed E-state index contributed by atoms with van der Waals surface area (Å²) in [5, 5.41) is 14.2. The van der Waals surface area contributed by atoms with Gasteiger partial charge in [-0.25, -0.2) is 14.2 Å². The zero-order valence-electron chi connectivity index (χ0n) is 19.8. The van der Waals surface area contributed by atoms with Gasteiger partial charge in [0, 0.05) is 18.8 Å². The highest BCUT2D eigenvalue weighted by Crippen LogP contribution is 2.33. The zero-order chi connectivity index (χ0) is 26.6. The first-order valence-corrected chi connectivity index (χ1v) is 11.0. The number of carbonyl (C=O) groups is 2. The monoisotopic (exact) mass is 514 g/mol. The van der Waals surface area contributed by atoms with Crippen molar-refractivity contribution in [1.29, 1.82) is 0 Å². The lowest BCUT2D eigenvalue weighted by Crippen LogP contribution is -2.40. The number of alkyl halides is 3. The molecule has 1 fully saturated rings. The van der Waals surface area contributed by atoms with Gasteiger partial charge in [-0.3, -0.25) is 4.79 Å². The third kappa shape index (κ3) is 5.96. The van der Waals surface area contributed by atoms with E-state index in [2.05, 4.69) is 15.6 Å². The predicted octanol–water partition coefficient (Wildman–Crippen LogP) is 4.11. The fraction of sp³-hybridized carbons (Fsp3) is 0.435. The summed E-state index contributed by atoms with van der Waals surface area (Å²) in [6.45, 7) is 2.40. The molecule has 0 spiro atoms. The first-order valence-electron chi connectivity index (χ1n) is 11.0. The number of rotatable bonds is 7. The Morgan fingerprint density at radius 3 is 2.67 bits per heavy atom. The number of aryl methyl sites for hydroxylation is 1. The van der Waals surface area contributed by atoms with E-state index in [9.17, 15) is 32.3 Å². The molecule has 3 N–H and O–H groups in total. The van der Waals surface area contributed by atoms with Crippen LogP contribution in [-0.4, -0.2) is 65.5 Å². The summed E-state index contributed by atoms with van der Waals surface area (Å²) in [5.74, 6) is -2.61. The van der Waals surface area contributed by atoms with E-state index in [1.807, 2.05) is 0 Å². The molecule has 2 atom stereocenters. The first-order chi connectivity index (χ1) is 17.0. The normalized spacial score (nSPS) is 16.4. The molecule has 196 valence electrons. The highest BCUT2D eigenvalue weighted by Gasteiger charge is 2.39. The molecule has 3 amide bonds. The molecule has 3 rings (SSSR count). The Bertz CT molecular complexity index is 1130. The van der Waals surface area contributed by atoms with Crippen LogP contribution in [0.5, 0.6) is 11.6 Å². The lowest BCUT2D eigenvalue weighted by molar-refractivity contribution is -0.189. The molecule has 36 heavy (non-hydrogen) atoms. The number of nitrogens with zero attached hydrogens (tertiary/aromatic N) is 2. The molecule has 0 radical (unpaired) electrons. The van der Waals surface area contributed by atoms with Gasteiger partial charge in [-0.1, -0.05) is 0 Å². The first kappa shape index (κ1) is 27.0. The number of anilines is 2. The molecule has 13 heteroatoms. The minimum Gasteiger partial charge on any atom is -0.480 e. The number of ether oxygens (including phenoxy) is 2. The summed E-state index contributed by atoms with van der Waals surface area (Å²) in [6, 6.07) is 1.86. The maximum Gasteiger partial charge on any atom is 0.425 e. The van der Waals surface area contributed by atoms with Gasteiger partial charge < -0.3 is 30.1 Å². The highest BCUT2D eigenvalue weighted by molar-refractivity contribution is 6.07. The molecule has 0 bridgehead atoms. The van der Waals surface area contributed by atoms with E-state index in [-0.39, 0.29) is 18.2 Å². The number of likely N-dealkylation sites (tertiary alicyclic amines) is 1. The smallest absolute Gasteiger partial charge is 0.425 e. The average molecular weight is 514 g/mol.